The largest absolute Gasteiger partial charge is 0.318 e. The lowest BCUT2D eigenvalue weighted by atomic mass is 10.3. The van der Waals surface area contributed by atoms with Crippen LogP contribution in [0.1, 0.15) is 6.92 Å². The summed E-state index contributed by atoms with van der Waals surface area (Å²) in [5.74, 6) is 0. The molecule has 1 aromatic carbocycles. The normalized spacial score (nSPS) is 21.5. The van der Waals surface area contributed by atoms with Crippen LogP contribution in [0, 0.1) is 0 Å². The molecule has 1 unspecified atom stereocenters. The highest BCUT2D eigenvalue weighted by Crippen LogP contribution is 2.49. The topological polar surface area (TPSA) is 21.7 Å². The smallest absolute Gasteiger partial charge is 0.290 e. The van der Waals surface area contributed by atoms with E-state index in [1.54, 1.807) is 0 Å². The monoisotopic (exact) mass is 211 g/mol. The Labute approximate surface area is 85.6 Å². The summed E-state index contributed by atoms with van der Waals surface area (Å²) in [6.07, 6.45) is 0. The predicted molar refractivity (Wildman–Crippen MR) is 58.3 cm³/mol. The summed E-state index contributed by atoms with van der Waals surface area (Å²) >= 11 is 0. The zero-order valence-electron chi connectivity index (χ0n) is 8.22. The van der Waals surface area contributed by atoms with Crippen molar-refractivity contribution < 1.29 is 9.05 Å². The van der Waals surface area contributed by atoms with E-state index in [0.29, 0.717) is 6.61 Å². The van der Waals surface area contributed by atoms with E-state index >= 15 is 0 Å². The second-order valence-corrected chi connectivity index (χ2v) is 4.42. The molecule has 1 aliphatic heterocycles. The van der Waals surface area contributed by atoms with Crippen LogP contribution in [-0.2, 0) is 9.05 Å². The number of hydrogen-bond donors (Lipinski definition) is 0. The molecule has 1 atom stereocenters. The maximum atomic E-state index is 5.54. The van der Waals surface area contributed by atoms with Crippen LogP contribution >= 0.6 is 8.53 Å². The molecule has 0 saturated carbocycles. The van der Waals surface area contributed by atoms with Crippen molar-refractivity contribution in [2.45, 2.75) is 6.92 Å². The molecule has 0 spiro atoms. The van der Waals surface area contributed by atoms with E-state index in [2.05, 4.69) is 16.8 Å². The van der Waals surface area contributed by atoms with Crippen molar-refractivity contribution in [2.75, 3.05) is 24.4 Å². The van der Waals surface area contributed by atoms with Gasteiger partial charge in [0, 0.05) is 12.2 Å². The third-order valence-corrected chi connectivity index (χ3v) is 3.70. The van der Waals surface area contributed by atoms with Gasteiger partial charge < -0.3 is 13.7 Å². The molecular formula is C10H14NO2P. The van der Waals surface area contributed by atoms with Crippen molar-refractivity contribution in [3.05, 3.63) is 30.3 Å². The van der Waals surface area contributed by atoms with Gasteiger partial charge in [0.25, 0.3) is 8.53 Å². The molecule has 3 nitrogen and oxygen atoms in total. The molecule has 0 bridgehead atoms. The molecule has 1 fully saturated rings. The average Bonchev–Trinajstić information content (AvgIpc) is 2.68. The van der Waals surface area contributed by atoms with Crippen molar-refractivity contribution in [1.29, 1.82) is 0 Å². The lowest BCUT2D eigenvalue weighted by Crippen LogP contribution is -2.13. The number of nitrogens with zero attached hydrogens (tertiary/aromatic N) is 1. The molecule has 1 heterocycles. The molecule has 1 saturated heterocycles. The second-order valence-electron chi connectivity index (χ2n) is 2.95. The van der Waals surface area contributed by atoms with E-state index in [-0.39, 0.29) is 0 Å². The number of para-hydroxylation sites is 1. The van der Waals surface area contributed by atoms with Crippen molar-refractivity contribution in [3.63, 3.8) is 0 Å². The molecule has 1 aromatic rings. The Bertz CT molecular complexity index is 281. The summed E-state index contributed by atoms with van der Waals surface area (Å²) in [5.41, 5.74) is 1.18. The van der Waals surface area contributed by atoms with E-state index in [0.717, 1.165) is 13.2 Å². The highest BCUT2D eigenvalue weighted by molar-refractivity contribution is 7.49. The second kappa shape index (κ2) is 4.74. The van der Waals surface area contributed by atoms with Gasteiger partial charge in [-0.15, -0.1) is 0 Å². The zero-order valence-corrected chi connectivity index (χ0v) is 9.11. The van der Waals surface area contributed by atoms with Gasteiger partial charge in [-0.25, -0.2) is 0 Å². The van der Waals surface area contributed by atoms with Crippen molar-refractivity contribution in [1.82, 2.24) is 0 Å². The van der Waals surface area contributed by atoms with Gasteiger partial charge in [0.05, 0.1) is 13.2 Å². The first-order valence-electron chi connectivity index (χ1n) is 4.80. The fourth-order valence-electron chi connectivity index (χ4n) is 1.40. The van der Waals surface area contributed by atoms with Crippen molar-refractivity contribution >= 4 is 14.2 Å². The standard InChI is InChI=1S/C10H14NO2P/c1-2-12-14-11(8-9-13-14)10-6-4-3-5-7-10/h3-7H,2,8-9H2,1H3. The van der Waals surface area contributed by atoms with E-state index in [1.807, 2.05) is 25.1 Å². The Morgan fingerprint density at radius 1 is 1.43 bits per heavy atom. The average molecular weight is 211 g/mol. The molecule has 76 valence electrons. The summed E-state index contributed by atoms with van der Waals surface area (Å²) in [5, 5.41) is 0. The highest BCUT2D eigenvalue weighted by Gasteiger charge is 2.27. The summed E-state index contributed by atoms with van der Waals surface area (Å²) < 4.78 is 13.3. The number of benzene rings is 1. The molecule has 0 N–H and O–H groups in total. The summed E-state index contributed by atoms with van der Waals surface area (Å²) in [6, 6.07) is 10.3. The van der Waals surface area contributed by atoms with E-state index in [9.17, 15) is 0 Å². The third-order valence-electron chi connectivity index (χ3n) is 2.00. The highest BCUT2D eigenvalue weighted by atomic mass is 31.2. The molecule has 2 rings (SSSR count). The van der Waals surface area contributed by atoms with Crippen LogP contribution in [0.3, 0.4) is 0 Å². The number of anilines is 1. The van der Waals surface area contributed by atoms with Crippen LogP contribution in [0.5, 0.6) is 0 Å². The number of hydrogen-bond acceptors (Lipinski definition) is 3. The van der Waals surface area contributed by atoms with Gasteiger partial charge in [-0.2, -0.15) is 0 Å². The van der Waals surface area contributed by atoms with Gasteiger partial charge in [-0.05, 0) is 19.1 Å². The summed E-state index contributed by atoms with van der Waals surface area (Å²) in [4.78, 5) is 0. The fraction of sp³-hybridized carbons (Fsp3) is 0.400. The molecule has 0 amide bonds. The van der Waals surface area contributed by atoms with Crippen molar-refractivity contribution in [2.24, 2.45) is 0 Å². The quantitative estimate of drug-likeness (QED) is 0.717. The number of rotatable bonds is 3. The van der Waals surface area contributed by atoms with Gasteiger partial charge in [0.1, 0.15) is 0 Å². The maximum absolute atomic E-state index is 5.54. The first-order valence-corrected chi connectivity index (χ1v) is 5.93. The minimum atomic E-state index is -0.852. The minimum Gasteiger partial charge on any atom is -0.318 e. The van der Waals surface area contributed by atoms with Crippen LogP contribution < -0.4 is 4.67 Å². The molecule has 0 radical (unpaired) electrons. The van der Waals surface area contributed by atoms with Crippen LogP contribution in [-0.4, -0.2) is 19.8 Å². The first-order chi connectivity index (χ1) is 6.92. The maximum Gasteiger partial charge on any atom is 0.290 e. The van der Waals surface area contributed by atoms with E-state index in [4.69, 9.17) is 9.05 Å². The lowest BCUT2D eigenvalue weighted by molar-refractivity contribution is 0.289. The lowest BCUT2D eigenvalue weighted by Gasteiger charge is -2.22. The third kappa shape index (κ3) is 2.06. The molecule has 0 aromatic heterocycles. The Balaban J connectivity index is 2.10. The Kier molecular flexibility index (Phi) is 3.35. The molecule has 1 aliphatic rings. The van der Waals surface area contributed by atoms with Gasteiger partial charge >= 0.3 is 0 Å². The Morgan fingerprint density at radius 3 is 2.93 bits per heavy atom. The molecule has 14 heavy (non-hydrogen) atoms. The van der Waals surface area contributed by atoms with E-state index < -0.39 is 8.53 Å². The molecule has 0 aliphatic carbocycles. The van der Waals surface area contributed by atoms with Gasteiger partial charge in [-0.3, -0.25) is 0 Å². The van der Waals surface area contributed by atoms with Crippen molar-refractivity contribution in [3.8, 4) is 0 Å². The predicted octanol–water partition coefficient (Wildman–Crippen LogP) is 2.79. The Morgan fingerprint density at radius 2 is 2.21 bits per heavy atom. The van der Waals surface area contributed by atoms with Gasteiger partial charge in [0.2, 0.25) is 0 Å². The van der Waals surface area contributed by atoms with Crippen LogP contribution in [0.25, 0.3) is 0 Å². The van der Waals surface area contributed by atoms with Crippen LogP contribution in [0.15, 0.2) is 30.3 Å². The van der Waals surface area contributed by atoms with E-state index in [1.165, 1.54) is 5.69 Å². The summed E-state index contributed by atoms with van der Waals surface area (Å²) in [6.45, 7) is 4.39. The minimum absolute atomic E-state index is 0.703. The molecular weight excluding hydrogens is 197 g/mol. The molecule has 4 heteroatoms. The van der Waals surface area contributed by atoms with Gasteiger partial charge in [-0.1, -0.05) is 18.2 Å². The van der Waals surface area contributed by atoms with Gasteiger partial charge in [0.15, 0.2) is 0 Å². The summed E-state index contributed by atoms with van der Waals surface area (Å²) in [7, 11) is -0.852. The first kappa shape index (κ1) is 9.91. The van der Waals surface area contributed by atoms with Crippen LogP contribution in [0.4, 0.5) is 5.69 Å². The fourth-order valence-corrected chi connectivity index (χ4v) is 2.78. The Hall–Kier alpha value is -0.630. The van der Waals surface area contributed by atoms with Crippen LogP contribution in [0.2, 0.25) is 0 Å². The SMILES string of the molecule is CCOP1OCCN1c1ccccc1. The zero-order chi connectivity index (χ0) is 9.80.